The summed E-state index contributed by atoms with van der Waals surface area (Å²) in [4.78, 5) is 63.4. The quantitative estimate of drug-likeness (QED) is 0.164. The molecule has 0 aromatic heterocycles. The Hall–Kier alpha value is -4.45. The van der Waals surface area contributed by atoms with Gasteiger partial charge in [0, 0.05) is 6.42 Å². The van der Waals surface area contributed by atoms with E-state index in [2.05, 4.69) is 21.3 Å². The number of carbonyl (C=O) groups is 5. The van der Waals surface area contributed by atoms with E-state index in [0.717, 1.165) is 11.1 Å². The van der Waals surface area contributed by atoms with E-state index < -0.39 is 60.1 Å². The molecule has 46 heavy (non-hydrogen) atoms. The minimum absolute atomic E-state index is 0.0201. The molecular weight excluding hydrogens is 592 g/mol. The lowest BCUT2D eigenvalue weighted by atomic mass is 9.97. The second-order valence-electron chi connectivity index (χ2n) is 11.9. The topological polar surface area (TPSA) is 172 Å². The Kier molecular flexibility index (Phi) is 15.7. The summed E-state index contributed by atoms with van der Waals surface area (Å²) in [6.07, 6.45) is -1.79. The molecule has 5 atom stereocenters. The van der Waals surface area contributed by atoms with Crippen molar-refractivity contribution in [1.82, 2.24) is 21.3 Å². The number of aliphatic hydroxyl groups excluding tert-OH is 1. The highest BCUT2D eigenvalue weighted by molar-refractivity contribution is 5.91. The molecule has 0 unspecified atom stereocenters. The Morgan fingerprint density at radius 2 is 1.28 bits per heavy atom. The van der Waals surface area contributed by atoms with Crippen LogP contribution in [0.1, 0.15) is 58.6 Å². The molecule has 2 rings (SSSR count). The number of methoxy groups -OCH3 is 1. The van der Waals surface area contributed by atoms with Crippen LogP contribution in [0.25, 0.3) is 0 Å². The monoisotopic (exact) mass is 640 g/mol. The van der Waals surface area contributed by atoms with Crippen LogP contribution in [0.2, 0.25) is 0 Å². The van der Waals surface area contributed by atoms with Gasteiger partial charge in [0.15, 0.2) is 0 Å². The molecule has 0 spiro atoms. The van der Waals surface area contributed by atoms with Gasteiger partial charge in [-0.05, 0) is 42.7 Å². The Balaban J connectivity index is 2.01. The zero-order chi connectivity index (χ0) is 34.2. The van der Waals surface area contributed by atoms with Crippen LogP contribution in [0.5, 0.6) is 0 Å². The normalized spacial score (nSPS) is 14.3. The smallest absolute Gasteiger partial charge is 0.408 e. The zero-order valence-electron chi connectivity index (χ0n) is 27.4. The van der Waals surface area contributed by atoms with Gasteiger partial charge < -0.3 is 35.8 Å². The van der Waals surface area contributed by atoms with Gasteiger partial charge in [0.2, 0.25) is 17.7 Å². The number of rotatable bonds is 17. The molecule has 2 aromatic rings. The molecule has 0 aliphatic carbocycles. The number of aliphatic hydroxyl groups is 1. The number of alkyl carbamates (subject to hydrolysis) is 1. The van der Waals surface area contributed by atoms with Crippen LogP contribution >= 0.6 is 0 Å². The van der Waals surface area contributed by atoms with Gasteiger partial charge in [0.1, 0.15) is 24.7 Å². The first kappa shape index (κ1) is 37.7. The van der Waals surface area contributed by atoms with Gasteiger partial charge in [0.25, 0.3) is 0 Å². The number of benzene rings is 2. The van der Waals surface area contributed by atoms with Crippen molar-refractivity contribution in [2.45, 2.75) is 90.8 Å². The molecule has 0 heterocycles. The fourth-order valence-electron chi connectivity index (χ4n) is 4.59. The number of nitrogens with one attached hydrogen (secondary N) is 4. The number of hydrogen-bond acceptors (Lipinski definition) is 8. The maximum absolute atomic E-state index is 13.0. The third kappa shape index (κ3) is 12.9. The van der Waals surface area contributed by atoms with Crippen molar-refractivity contribution >= 4 is 29.8 Å². The number of hydrogen-bond donors (Lipinski definition) is 5. The number of carbonyl (C=O) groups excluding carboxylic acids is 5. The predicted molar refractivity (Wildman–Crippen MR) is 172 cm³/mol. The molecular formula is C34H48N4O8. The van der Waals surface area contributed by atoms with Crippen LogP contribution in [0.4, 0.5) is 4.79 Å². The second-order valence-corrected chi connectivity index (χ2v) is 11.9. The summed E-state index contributed by atoms with van der Waals surface area (Å²) in [5.74, 6) is -2.65. The molecule has 0 aliphatic heterocycles. The van der Waals surface area contributed by atoms with Crippen molar-refractivity contribution in [2.75, 3.05) is 7.11 Å². The van der Waals surface area contributed by atoms with Crippen LogP contribution in [-0.2, 0) is 41.7 Å². The van der Waals surface area contributed by atoms with Crippen molar-refractivity contribution in [3.8, 4) is 0 Å². The summed E-state index contributed by atoms with van der Waals surface area (Å²) in [7, 11) is 1.24. The van der Waals surface area contributed by atoms with Gasteiger partial charge in [-0.25, -0.2) is 9.59 Å². The van der Waals surface area contributed by atoms with E-state index in [1.54, 1.807) is 27.7 Å². The molecule has 2 aromatic carbocycles. The Labute approximate surface area is 271 Å². The molecule has 5 N–H and O–H groups in total. The van der Waals surface area contributed by atoms with Crippen molar-refractivity contribution in [2.24, 2.45) is 11.8 Å². The summed E-state index contributed by atoms with van der Waals surface area (Å²) in [5.41, 5.74) is 1.65. The molecule has 12 nitrogen and oxygen atoms in total. The largest absolute Gasteiger partial charge is 0.467 e. The fourth-order valence-corrected chi connectivity index (χ4v) is 4.59. The van der Waals surface area contributed by atoms with Crippen molar-refractivity contribution in [3.05, 3.63) is 71.8 Å². The van der Waals surface area contributed by atoms with Crippen molar-refractivity contribution in [3.63, 3.8) is 0 Å². The van der Waals surface area contributed by atoms with Crippen LogP contribution in [0.15, 0.2) is 60.7 Å². The first-order valence-corrected chi connectivity index (χ1v) is 15.5. The zero-order valence-corrected chi connectivity index (χ0v) is 27.4. The molecule has 0 bridgehead atoms. The summed E-state index contributed by atoms with van der Waals surface area (Å²) >= 11 is 0. The van der Waals surface area contributed by atoms with Gasteiger partial charge in [-0.3, -0.25) is 14.4 Å². The van der Waals surface area contributed by atoms with E-state index >= 15 is 0 Å². The van der Waals surface area contributed by atoms with Crippen LogP contribution in [-0.4, -0.2) is 72.3 Å². The first-order chi connectivity index (χ1) is 21.8. The van der Waals surface area contributed by atoms with Crippen molar-refractivity contribution in [1.29, 1.82) is 0 Å². The van der Waals surface area contributed by atoms with E-state index in [1.165, 1.54) is 14.0 Å². The van der Waals surface area contributed by atoms with Gasteiger partial charge in [0.05, 0.1) is 19.3 Å². The van der Waals surface area contributed by atoms with E-state index in [-0.39, 0.29) is 37.7 Å². The Bertz CT molecular complexity index is 1270. The molecule has 4 amide bonds. The summed E-state index contributed by atoms with van der Waals surface area (Å²) in [6, 6.07) is 14.8. The lowest BCUT2D eigenvalue weighted by molar-refractivity contribution is -0.146. The SMILES string of the molecule is COC(=O)[C@@H](NC(=O)[C@@H](NC(=O)CC[C@H](O)[C@H](Cc1ccccc1)NC(=O)[C@H](C)NC(=O)OCc1ccccc1)C(C)C)C(C)C. The summed E-state index contributed by atoms with van der Waals surface area (Å²) in [6.45, 7) is 8.61. The van der Waals surface area contributed by atoms with Crippen LogP contribution in [0.3, 0.4) is 0 Å². The first-order valence-electron chi connectivity index (χ1n) is 15.5. The number of amides is 4. The minimum atomic E-state index is -1.14. The molecule has 252 valence electrons. The highest BCUT2D eigenvalue weighted by Gasteiger charge is 2.31. The van der Waals surface area contributed by atoms with E-state index in [9.17, 15) is 29.1 Å². The van der Waals surface area contributed by atoms with E-state index in [1.807, 2.05) is 60.7 Å². The van der Waals surface area contributed by atoms with Gasteiger partial charge in [-0.2, -0.15) is 0 Å². The molecule has 0 fully saturated rings. The molecule has 0 saturated heterocycles. The Morgan fingerprint density at radius 3 is 1.83 bits per heavy atom. The molecule has 0 saturated carbocycles. The molecule has 0 aliphatic rings. The second kappa shape index (κ2) is 19.2. The van der Waals surface area contributed by atoms with E-state index in [0.29, 0.717) is 0 Å². The molecule has 12 heteroatoms. The van der Waals surface area contributed by atoms with Crippen molar-refractivity contribution < 1.29 is 38.6 Å². The predicted octanol–water partition coefficient (Wildman–Crippen LogP) is 2.62. The highest BCUT2D eigenvalue weighted by Crippen LogP contribution is 2.13. The van der Waals surface area contributed by atoms with Gasteiger partial charge >= 0.3 is 12.1 Å². The third-order valence-electron chi connectivity index (χ3n) is 7.38. The fraction of sp³-hybridized carbons (Fsp3) is 0.500. The Morgan fingerprint density at radius 1 is 0.717 bits per heavy atom. The maximum atomic E-state index is 13.0. The number of esters is 1. The lowest BCUT2D eigenvalue weighted by Gasteiger charge is -2.27. The standard InChI is InChI=1S/C34H48N4O8/c1-21(2)29(32(42)38-30(22(3)4)33(43)45-6)37-28(40)18-17-27(39)26(19-24-13-9-7-10-14-24)36-31(41)23(5)35-34(44)46-20-25-15-11-8-12-16-25/h7-16,21-23,26-27,29-30,39H,17-20H2,1-6H3,(H,35,44)(H,36,41)(H,37,40)(H,38,42)/t23-,26-,27-,29-,30-/m0/s1. The van der Waals surface area contributed by atoms with Gasteiger partial charge in [-0.1, -0.05) is 88.4 Å². The van der Waals surface area contributed by atoms with E-state index in [4.69, 9.17) is 9.47 Å². The maximum Gasteiger partial charge on any atom is 0.408 e. The summed E-state index contributed by atoms with van der Waals surface area (Å²) in [5, 5.41) is 21.8. The number of ether oxygens (including phenoxy) is 2. The lowest BCUT2D eigenvalue weighted by Crippen LogP contribution is -2.55. The average molecular weight is 641 g/mol. The minimum Gasteiger partial charge on any atom is -0.467 e. The third-order valence-corrected chi connectivity index (χ3v) is 7.38. The van der Waals surface area contributed by atoms with Crippen LogP contribution in [0, 0.1) is 11.8 Å². The highest BCUT2D eigenvalue weighted by atomic mass is 16.5. The molecule has 0 radical (unpaired) electrons. The van der Waals surface area contributed by atoms with Crippen LogP contribution < -0.4 is 21.3 Å². The summed E-state index contributed by atoms with van der Waals surface area (Å²) < 4.78 is 9.99. The average Bonchev–Trinajstić information content (AvgIpc) is 3.03. The van der Waals surface area contributed by atoms with Gasteiger partial charge in [-0.15, -0.1) is 0 Å².